The number of nitrogens with one attached hydrogen (secondary N) is 1. The van der Waals surface area contributed by atoms with E-state index in [1.807, 2.05) is 31.2 Å². The Hall–Kier alpha value is -2.18. The molecule has 1 unspecified atom stereocenters. The zero-order valence-electron chi connectivity index (χ0n) is 15.1. The summed E-state index contributed by atoms with van der Waals surface area (Å²) in [5.41, 5.74) is 2.78. The lowest BCUT2D eigenvalue weighted by Crippen LogP contribution is -2.31. The molecule has 26 heavy (non-hydrogen) atoms. The van der Waals surface area contributed by atoms with Crippen molar-refractivity contribution in [2.75, 3.05) is 11.9 Å². The van der Waals surface area contributed by atoms with Crippen LogP contribution in [-0.4, -0.2) is 25.2 Å². The number of nitrogens with zero attached hydrogens (tertiary/aromatic N) is 1. The molecular formula is C20H24N2O3S. The number of carbonyl (C=O) groups is 1. The van der Waals surface area contributed by atoms with E-state index >= 15 is 0 Å². The smallest absolute Gasteiger partial charge is 0.243 e. The summed E-state index contributed by atoms with van der Waals surface area (Å²) in [7, 11) is -3.58. The van der Waals surface area contributed by atoms with Gasteiger partial charge in [0.1, 0.15) is 0 Å². The average molecular weight is 372 g/mol. The third kappa shape index (κ3) is 3.66. The summed E-state index contributed by atoms with van der Waals surface area (Å²) < 4.78 is 27.9. The van der Waals surface area contributed by atoms with Gasteiger partial charge in [-0.25, -0.2) is 8.42 Å². The topological polar surface area (TPSA) is 66.5 Å². The van der Waals surface area contributed by atoms with Gasteiger partial charge in [0.25, 0.3) is 0 Å². The molecule has 1 heterocycles. The maximum Gasteiger partial charge on any atom is 0.243 e. The third-order valence-corrected chi connectivity index (χ3v) is 6.74. The van der Waals surface area contributed by atoms with Gasteiger partial charge < -0.3 is 5.32 Å². The minimum atomic E-state index is -3.58. The molecule has 1 N–H and O–H groups in total. The van der Waals surface area contributed by atoms with E-state index in [1.165, 1.54) is 0 Å². The number of aryl methyl sites for hydroxylation is 1. The minimum absolute atomic E-state index is 0.0974. The zero-order valence-corrected chi connectivity index (χ0v) is 15.9. The first-order valence-electron chi connectivity index (χ1n) is 8.90. The van der Waals surface area contributed by atoms with Crippen LogP contribution in [-0.2, 0) is 14.8 Å². The van der Waals surface area contributed by atoms with Gasteiger partial charge in [-0.05, 0) is 55.2 Å². The van der Waals surface area contributed by atoms with Crippen molar-refractivity contribution < 1.29 is 13.2 Å². The van der Waals surface area contributed by atoms with Crippen LogP contribution in [0.25, 0.3) is 0 Å². The highest BCUT2D eigenvalue weighted by atomic mass is 32.2. The highest BCUT2D eigenvalue weighted by molar-refractivity contribution is 7.89. The summed E-state index contributed by atoms with van der Waals surface area (Å²) in [6.45, 7) is 4.31. The van der Waals surface area contributed by atoms with Crippen LogP contribution in [0.3, 0.4) is 0 Å². The minimum Gasteiger partial charge on any atom is -0.326 e. The van der Waals surface area contributed by atoms with Crippen LogP contribution in [0.15, 0.2) is 53.4 Å². The summed E-state index contributed by atoms with van der Waals surface area (Å²) in [4.78, 5) is 11.7. The van der Waals surface area contributed by atoms with E-state index in [2.05, 4.69) is 5.32 Å². The molecule has 3 rings (SSSR count). The first-order chi connectivity index (χ1) is 12.4. The van der Waals surface area contributed by atoms with E-state index in [-0.39, 0.29) is 16.8 Å². The van der Waals surface area contributed by atoms with Gasteiger partial charge in [0.2, 0.25) is 15.9 Å². The Bertz CT molecular complexity index is 892. The van der Waals surface area contributed by atoms with Crippen molar-refractivity contribution in [1.82, 2.24) is 4.31 Å². The van der Waals surface area contributed by atoms with Crippen molar-refractivity contribution in [3.63, 3.8) is 0 Å². The van der Waals surface area contributed by atoms with Gasteiger partial charge in [-0.15, -0.1) is 0 Å². The van der Waals surface area contributed by atoms with E-state index in [9.17, 15) is 13.2 Å². The summed E-state index contributed by atoms with van der Waals surface area (Å²) in [6.07, 6.45) is 2.06. The molecule has 1 aliphatic heterocycles. The predicted molar refractivity (Wildman–Crippen MR) is 102 cm³/mol. The summed E-state index contributed by atoms with van der Waals surface area (Å²) in [6, 6.07) is 14.2. The van der Waals surface area contributed by atoms with Crippen molar-refractivity contribution in [3.05, 3.63) is 59.7 Å². The summed E-state index contributed by atoms with van der Waals surface area (Å²) >= 11 is 0. The Labute approximate surface area is 155 Å². The maximum atomic E-state index is 13.2. The summed E-state index contributed by atoms with van der Waals surface area (Å²) in [5, 5.41) is 2.73. The SMILES string of the molecule is CCC(=O)Nc1ccc(S(=O)(=O)N2CCCC2c2ccccc2C)cc1. The molecule has 2 aromatic carbocycles. The van der Waals surface area contributed by atoms with Gasteiger partial charge in [0.15, 0.2) is 0 Å². The van der Waals surface area contributed by atoms with Gasteiger partial charge in [0, 0.05) is 18.7 Å². The number of carbonyl (C=O) groups excluding carboxylic acids is 1. The Morgan fingerprint density at radius 2 is 1.85 bits per heavy atom. The number of hydrogen-bond donors (Lipinski definition) is 1. The second kappa shape index (κ2) is 7.60. The first-order valence-corrected chi connectivity index (χ1v) is 10.3. The first kappa shape index (κ1) is 18.6. The van der Waals surface area contributed by atoms with Gasteiger partial charge in [-0.2, -0.15) is 4.31 Å². The molecule has 2 aromatic rings. The second-order valence-corrected chi connectivity index (χ2v) is 8.45. The molecule has 138 valence electrons. The predicted octanol–water partition coefficient (Wildman–Crippen LogP) is 3.87. The lowest BCUT2D eigenvalue weighted by atomic mass is 10.0. The zero-order chi connectivity index (χ0) is 18.7. The molecule has 1 amide bonds. The van der Waals surface area contributed by atoms with Crippen molar-refractivity contribution in [3.8, 4) is 0 Å². The van der Waals surface area contributed by atoms with E-state index in [0.29, 0.717) is 18.7 Å². The number of rotatable bonds is 5. The molecule has 5 nitrogen and oxygen atoms in total. The van der Waals surface area contributed by atoms with Crippen LogP contribution in [0.1, 0.15) is 43.4 Å². The molecule has 1 atom stereocenters. The number of benzene rings is 2. The van der Waals surface area contributed by atoms with Crippen LogP contribution in [0, 0.1) is 6.92 Å². The highest BCUT2D eigenvalue weighted by Gasteiger charge is 2.36. The largest absolute Gasteiger partial charge is 0.326 e. The summed E-state index contributed by atoms with van der Waals surface area (Å²) in [5.74, 6) is -0.0974. The number of amides is 1. The lowest BCUT2D eigenvalue weighted by molar-refractivity contribution is -0.115. The average Bonchev–Trinajstić information content (AvgIpc) is 3.13. The van der Waals surface area contributed by atoms with E-state index in [0.717, 1.165) is 24.0 Å². The van der Waals surface area contributed by atoms with Crippen LogP contribution < -0.4 is 5.32 Å². The number of anilines is 1. The van der Waals surface area contributed by atoms with E-state index < -0.39 is 10.0 Å². The van der Waals surface area contributed by atoms with Crippen molar-refractivity contribution >= 4 is 21.6 Å². The Balaban J connectivity index is 1.87. The standard InChI is InChI=1S/C20H24N2O3S/c1-3-20(23)21-16-10-12-17(13-11-16)26(24,25)22-14-6-9-19(22)18-8-5-4-7-15(18)2/h4-5,7-8,10-13,19H,3,6,9,14H2,1-2H3,(H,21,23). The number of hydrogen-bond acceptors (Lipinski definition) is 3. The van der Waals surface area contributed by atoms with Gasteiger partial charge in [-0.1, -0.05) is 31.2 Å². The molecule has 0 aliphatic carbocycles. The Morgan fingerprint density at radius 3 is 2.50 bits per heavy atom. The van der Waals surface area contributed by atoms with Crippen LogP contribution in [0.2, 0.25) is 0 Å². The third-order valence-electron chi connectivity index (χ3n) is 4.82. The Kier molecular flexibility index (Phi) is 5.44. The maximum absolute atomic E-state index is 13.2. The molecule has 1 aliphatic rings. The van der Waals surface area contributed by atoms with Gasteiger partial charge >= 0.3 is 0 Å². The fourth-order valence-electron chi connectivity index (χ4n) is 3.39. The molecule has 6 heteroatoms. The van der Waals surface area contributed by atoms with Crippen molar-refractivity contribution in [1.29, 1.82) is 0 Å². The fraction of sp³-hybridized carbons (Fsp3) is 0.350. The quantitative estimate of drug-likeness (QED) is 0.866. The second-order valence-electron chi connectivity index (χ2n) is 6.56. The molecule has 0 bridgehead atoms. The molecule has 0 spiro atoms. The molecule has 0 aromatic heterocycles. The molecule has 0 radical (unpaired) electrons. The molecule has 0 saturated carbocycles. The molecular weight excluding hydrogens is 348 g/mol. The van der Waals surface area contributed by atoms with Gasteiger partial charge in [-0.3, -0.25) is 4.79 Å². The lowest BCUT2D eigenvalue weighted by Gasteiger charge is -2.25. The van der Waals surface area contributed by atoms with Crippen LogP contribution in [0.4, 0.5) is 5.69 Å². The molecule has 1 fully saturated rings. The fourth-order valence-corrected chi connectivity index (χ4v) is 5.07. The van der Waals surface area contributed by atoms with E-state index in [1.54, 1.807) is 35.5 Å². The number of sulfonamides is 1. The van der Waals surface area contributed by atoms with Crippen LogP contribution >= 0.6 is 0 Å². The van der Waals surface area contributed by atoms with E-state index in [4.69, 9.17) is 0 Å². The highest BCUT2D eigenvalue weighted by Crippen LogP contribution is 2.37. The monoisotopic (exact) mass is 372 g/mol. The van der Waals surface area contributed by atoms with Gasteiger partial charge in [0.05, 0.1) is 10.9 Å². The molecule has 1 saturated heterocycles. The Morgan fingerprint density at radius 1 is 1.15 bits per heavy atom. The normalized spacial score (nSPS) is 18.0. The van der Waals surface area contributed by atoms with Crippen molar-refractivity contribution in [2.24, 2.45) is 0 Å². The van der Waals surface area contributed by atoms with Crippen LogP contribution in [0.5, 0.6) is 0 Å². The van der Waals surface area contributed by atoms with Crippen molar-refractivity contribution in [2.45, 2.75) is 44.0 Å².